The van der Waals surface area contributed by atoms with E-state index < -0.39 is 148 Å². The fraction of sp³-hybridized carbons (Fsp3) is 0.920. The molecule has 0 bridgehead atoms. The number of hydrogen-bond donors (Lipinski definition) is 13. The van der Waals surface area contributed by atoms with E-state index in [1.807, 2.05) is 0 Å². The van der Waals surface area contributed by atoms with Gasteiger partial charge in [0.15, 0.2) is 31.3 Å². The summed E-state index contributed by atoms with van der Waals surface area (Å²) in [5.41, 5.74) is 0. The van der Waals surface area contributed by atoms with Gasteiger partial charge in [-0.2, -0.15) is 0 Å². The molecule has 0 aromatic heterocycles. The number of carbonyl (C=O) groups excluding carboxylic acids is 1. The molecule has 0 aliphatic carbocycles. The van der Waals surface area contributed by atoms with Crippen LogP contribution in [-0.4, -0.2) is 210 Å². The molecule has 0 aromatic rings. The van der Waals surface area contributed by atoms with E-state index >= 15 is 0 Å². The summed E-state index contributed by atoms with van der Waals surface area (Å²) in [4.78, 5) is 24.0. The van der Waals surface area contributed by atoms with Crippen LogP contribution in [0.4, 0.5) is 0 Å². The molecule has 0 spiro atoms. The fourth-order valence-electron chi connectivity index (χ4n) is 5.71. The monoisotopic (exact) mass is 691 g/mol. The van der Waals surface area contributed by atoms with Gasteiger partial charge in [0.25, 0.3) is 0 Å². The maximum atomic E-state index is 12.2. The highest BCUT2D eigenvalue weighted by atomic mass is 16.8. The molecule has 4 rings (SSSR count). The first-order valence-corrected chi connectivity index (χ1v) is 14.5. The number of ether oxygens (including phenoxy) is 7. The minimum Gasteiger partial charge on any atom is -0.479 e. The third-order valence-electron chi connectivity index (χ3n) is 8.22. The molecule has 0 aromatic carbocycles. The van der Waals surface area contributed by atoms with E-state index in [1.165, 1.54) is 0 Å². The Labute approximate surface area is 265 Å². The summed E-state index contributed by atoms with van der Waals surface area (Å²) >= 11 is 0. The maximum Gasteiger partial charge on any atom is 0.335 e. The topological polar surface area (TPSA) is 354 Å². The lowest BCUT2D eigenvalue weighted by Crippen LogP contribution is -2.70. The van der Waals surface area contributed by atoms with E-state index in [9.17, 15) is 70.9 Å². The third kappa shape index (κ3) is 7.85. The number of hydrogen-bond acceptors (Lipinski definition) is 20. The molecule has 4 saturated heterocycles. The molecule has 22 nitrogen and oxygen atoms in total. The van der Waals surface area contributed by atoms with Crippen LogP contribution in [-0.2, 0) is 42.7 Å². The van der Waals surface area contributed by atoms with E-state index in [0.29, 0.717) is 0 Å². The van der Waals surface area contributed by atoms with Crippen molar-refractivity contribution in [3.63, 3.8) is 0 Å². The number of amides is 1. The van der Waals surface area contributed by atoms with Crippen LogP contribution in [0.15, 0.2) is 0 Å². The first-order chi connectivity index (χ1) is 22.1. The minimum absolute atomic E-state index is 0.696. The van der Waals surface area contributed by atoms with Gasteiger partial charge in [-0.1, -0.05) is 0 Å². The van der Waals surface area contributed by atoms with E-state index in [-0.39, 0.29) is 0 Å². The Morgan fingerprint density at radius 3 is 1.57 bits per heavy atom. The standard InChI is InChI=1S/C25H41NO21/c1-5(30)26-9-18(11(32)7(3-28)41-23(9)47-19-12(33)14(35)22(40)44-20(19)21(38)39)46-25-16(37)13(34)17(8(4-29)43-25)45-24-15(36)10(31)6(2-27)42-24/h6-20,22-25,27-29,31-37,40H,2-4H2,1H3,(H,26,30)(H,38,39)/t6-,7-,8-,9-,10-,11-,12-,13-,14-,15-,16-,17+,18-,19-,20+,22+,23-,24+,25+/m1/s1. The van der Waals surface area contributed by atoms with Gasteiger partial charge in [-0.15, -0.1) is 0 Å². The fourth-order valence-corrected chi connectivity index (χ4v) is 5.71. The van der Waals surface area contributed by atoms with Crippen LogP contribution < -0.4 is 5.32 Å². The van der Waals surface area contributed by atoms with Crippen LogP contribution in [0.3, 0.4) is 0 Å². The predicted octanol–water partition coefficient (Wildman–Crippen LogP) is -8.87. The normalized spacial score (nSPS) is 49.1. The predicted molar refractivity (Wildman–Crippen MR) is 140 cm³/mol. The zero-order valence-corrected chi connectivity index (χ0v) is 24.6. The molecule has 4 fully saturated rings. The molecule has 1 amide bonds. The van der Waals surface area contributed by atoms with Crippen LogP contribution in [0.1, 0.15) is 6.92 Å². The summed E-state index contributed by atoms with van der Waals surface area (Å²) in [5, 5.41) is 125. The molecule has 4 aliphatic rings. The Kier molecular flexibility index (Phi) is 12.8. The van der Waals surface area contributed by atoms with Gasteiger partial charge in [-0.05, 0) is 0 Å². The highest BCUT2D eigenvalue weighted by Gasteiger charge is 2.56. The molecule has 13 N–H and O–H groups in total. The average Bonchev–Trinajstić information content (AvgIpc) is 3.30. The first kappa shape index (κ1) is 38.0. The Morgan fingerprint density at radius 2 is 1.04 bits per heavy atom. The molecule has 272 valence electrons. The molecule has 4 aliphatic heterocycles. The number of aliphatic hydroxyl groups is 11. The van der Waals surface area contributed by atoms with E-state index in [4.69, 9.17) is 33.2 Å². The summed E-state index contributed by atoms with van der Waals surface area (Å²) in [5.74, 6) is -2.54. The second-order valence-electron chi connectivity index (χ2n) is 11.4. The third-order valence-corrected chi connectivity index (χ3v) is 8.22. The molecule has 0 unspecified atom stereocenters. The number of carboxylic acids is 1. The Hall–Kier alpha value is -1.78. The number of carboxylic acid groups (broad SMARTS) is 1. The molecule has 4 heterocycles. The highest BCUT2D eigenvalue weighted by Crippen LogP contribution is 2.34. The zero-order valence-electron chi connectivity index (χ0n) is 24.6. The summed E-state index contributed by atoms with van der Waals surface area (Å²) < 4.78 is 38.0. The number of rotatable bonds is 11. The second kappa shape index (κ2) is 15.8. The van der Waals surface area contributed by atoms with Crippen molar-refractivity contribution < 1.29 is 104 Å². The number of nitrogens with one attached hydrogen (secondary N) is 1. The van der Waals surface area contributed by atoms with Crippen molar-refractivity contribution >= 4 is 11.9 Å². The Balaban J connectivity index is 1.57. The molecular weight excluding hydrogens is 650 g/mol. The van der Waals surface area contributed by atoms with Gasteiger partial charge in [-0.25, -0.2) is 4.79 Å². The van der Waals surface area contributed by atoms with Gasteiger partial charge in [0, 0.05) is 6.92 Å². The zero-order chi connectivity index (χ0) is 34.9. The highest BCUT2D eigenvalue weighted by molar-refractivity contribution is 5.74. The van der Waals surface area contributed by atoms with Crippen molar-refractivity contribution in [3.8, 4) is 0 Å². The van der Waals surface area contributed by atoms with Gasteiger partial charge in [-0.3, -0.25) is 4.79 Å². The van der Waals surface area contributed by atoms with Gasteiger partial charge in [0.1, 0.15) is 85.4 Å². The van der Waals surface area contributed by atoms with Crippen LogP contribution in [0.5, 0.6) is 0 Å². The summed E-state index contributed by atoms with van der Waals surface area (Å²) in [7, 11) is 0. The lowest BCUT2D eigenvalue weighted by molar-refractivity contribution is -0.367. The number of aliphatic hydroxyl groups excluding tert-OH is 11. The Bertz CT molecular complexity index is 1050. The number of aliphatic carboxylic acids is 1. The van der Waals surface area contributed by atoms with Crippen molar-refractivity contribution in [2.24, 2.45) is 0 Å². The lowest BCUT2D eigenvalue weighted by Gasteiger charge is -2.49. The van der Waals surface area contributed by atoms with Crippen molar-refractivity contribution in [1.82, 2.24) is 5.32 Å². The second-order valence-corrected chi connectivity index (χ2v) is 11.4. The Morgan fingerprint density at radius 1 is 0.574 bits per heavy atom. The lowest BCUT2D eigenvalue weighted by atomic mass is 9.94. The molecule has 0 radical (unpaired) electrons. The SMILES string of the molecule is CC(=O)N[C@H]1[C@@H](O[C@@H]2[C@H](O)[C@@H](O)[C@@H](O)O[C@@H]2C(=O)O)O[C@H](CO)[C@@H](O)[C@@H]1O[C@@H]1O[C@H](CO)[C@H](O[C@@H]2O[C@H](CO)[C@@H](O)[C@H]2O)[C@H](O)[C@H]1O. The van der Waals surface area contributed by atoms with Crippen molar-refractivity contribution in [1.29, 1.82) is 0 Å². The summed E-state index contributed by atoms with van der Waals surface area (Å²) in [6.07, 6.45) is -32.8. The van der Waals surface area contributed by atoms with E-state index in [0.717, 1.165) is 6.92 Å². The van der Waals surface area contributed by atoms with Gasteiger partial charge in [0.2, 0.25) is 5.91 Å². The summed E-state index contributed by atoms with van der Waals surface area (Å²) in [6, 6.07) is -1.66. The van der Waals surface area contributed by atoms with Crippen molar-refractivity contribution in [2.75, 3.05) is 19.8 Å². The first-order valence-electron chi connectivity index (χ1n) is 14.5. The van der Waals surface area contributed by atoms with Crippen LogP contribution in [0.2, 0.25) is 0 Å². The van der Waals surface area contributed by atoms with Crippen molar-refractivity contribution in [2.45, 2.75) is 124 Å². The minimum atomic E-state index is -2.12. The quantitative estimate of drug-likeness (QED) is 0.0956. The van der Waals surface area contributed by atoms with Crippen LogP contribution in [0.25, 0.3) is 0 Å². The summed E-state index contributed by atoms with van der Waals surface area (Å²) in [6.45, 7) is -1.51. The van der Waals surface area contributed by atoms with Gasteiger partial charge >= 0.3 is 5.97 Å². The molecule has 47 heavy (non-hydrogen) atoms. The van der Waals surface area contributed by atoms with Crippen LogP contribution >= 0.6 is 0 Å². The maximum absolute atomic E-state index is 12.2. The molecule has 19 atom stereocenters. The van der Waals surface area contributed by atoms with E-state index in [2.05, 4.69) is 5.32 Å². The largest absolute Gasteiger partial charge is 0.479 e. The smallest absolute Gasteiger partial charge is 0.335 e. The molecule has 22 heteroatoms. The average molecular weight is 692 g/mol. The van der Waals surface area contributed by atoms with Crippen LogP contribution in [0, 0.1) is 0 Å². The molecule has 0 saturated carbocycles. The number of carbonyl (C=O) groups is 2. The van der Waals surface area contributed by atoms with Gasteiger partial charge in [0.05, 0.1) is 19.8 Å². The van der Waals surface area contributed by atoms with E-state index in [1.54, 1.807) is 0 Å². The van der Waals surface area contributed by atoms with Crippen molar-refractivity contribution in [3.05, 3.63) is 0 Å². The van der Waals surface area contributed by atoms with Gasteiger partial charge < -0.3 is 99.8 Å². The molecular formula is C25H41NO21.